The van der Waals surface area contributed by atoms with E-state index in [0.29, 0.717) is 22.9 Å². The average Bonchev–Trinajstić information content (AvgIpc) is 2.86. The highest BCUT2D eigenvalue weighted by Gasteiger charge is 2.42. The lowest BCUT2D eigenvalue weighted by Gasteiger charge is -2.44. The molecule has 3 rings (SSSR count). The van der Waals surface area contributed by atoms with Gasteiger partial charge >= 0.3 is 0 Å². The van der Waals surface area contributed by atoms with Gasteiger partial charge in [0, 0.05) is 25.6 Å². The maximum Gasteiger partial charge on any atom is 0.246 e. The van der Waals surface area contributed by atoms with Crippen LogP contribution < -0.4 is 11.1 Å². The zero-order chi connectivity index (χ0) is 28.0. The maximum atomic E-state index is 13.8. The highest BCUT2D eigenvalue weighted by atomic mass is 35.5. The fourth-order valence-corrected chi connectivity index (χ4v) is 5.04. The number of rotatable bonds is 10. The van der Waals surface area contributed by atoms with Gasteiger partial charge in [0.15, 0.2) is 0 Å². The minimum Gasteiger partial charge on any atom is -0.352 e. The summed E-state index contributed by atoms with van der Waals surface area (Å²) in [5, 5.41) is 3.69. The Morgan fingerprint density at radius 3 is 2.32 bits per heavy atom. The summed E-state index contributed by atoms with van der Waals surface area (Å²) in [7, 11) is 0. The van der Waals surface area contributed by atoms with Gasteiger partial charge in [-0.3, -0.25) is 14.4 Å². The highest BCUT2D eigenvalue weighted by molar-refractivity contribution is 6.42. The van der Waals surface area contributed by atoms with Crippen molar-refractivity contribution >= 4 is 40.9 Å². The molecular formula is C28H35Cl2FN4O3. The van der Waals surface area contributed by atoms with Crippen LogP contribution in [0.1, 0.15) is 44.7 Å². The first-order chi connectivity index (χ1) is 18.0. The zero-order valence-corrected chi connectivity index (χ0v) is 23.4. The Morgan fingerprint density at radius 1 is 1.05 bits per heavy atom. The van der Waals surface area contributed by atoms with Crippen LogP contribution in [0.15, 0.2) is 42.5 Å². The Bertz CT molecular complexity index is 1150. The van der Waals surface area contributed by atoms with Crippen molar-refractivity contribution in [3.63, 3.8) is 0 Å². The van der Waals surface area contributed by atoms with E-state index in [2.05, 4.69) is 5.32 Å². The van der Waals surface area contributed by atoms with Gasteiger partial charge < -0.3 is 20.9 Å². The van der Waals surface area contributed by atoms with Crippen molar-refractivity contribution in [1.82, 2.24) is 15.1 Å². The van der Waals surface area contributed by atoms with Crippen molar-refractivity contribution in [2.75, 3.05) is 13.1 Å². The highest BCUT2D eigenvalue weighted by Crippen LogP contribution is 2.26. The molecule has 0 bridgehead atoms. The van der Waals surface area contributed by atoms with Crippen LogP contribution in [0, 0.1) is 5.82 Å². The lowest BCUT2D eigenvalue weighted by molar-refractivity contribution is -0.156. The second-order valence-electron chi connectivity index (χ2n) is 9.94. The summed E-state index contributed by atoms with van der Waals surface area (Å²) in [6.07, 6.45) is 1.58. The summed E-state index contributed by atoms with van der Waals surface area (Å²) in [6.45, 7) is 6.08. The molecule has 2 aromatic carbocycles. The third-order valence-corrected chi connectivity index (χ3v) is 7.32. The molecule has 1 fully saturated rings. The molecule has 0 aliphatic carbocycles. The summed E-state index contributed by atoms with van der Waals surface area (Å²) < 4.78 is 13.3. The molecule has 7 nitrogen and oxygen atoms in total. The number of hydrogen-bond acceptors (Lipinski definition) is 4. The Balaban J connectivity index is 1.83. The molecule has 206 valence electrons. The predicted octanol–water partition coefficient (Wildman–Crippen LogP) is 3.98. The van der Waals surface area contributed by atoms with Crippen LogP contribution in [0.5, 0.6) is 0 Å². The molecule has 1 aliphatic heterocycles. The van der Waals surface area contributed by atoms with Crippen LogP contribution in [0.2, 0.25) is 10.0 Å². The van der Waals surface area contributed by atoms with E-state index < -0.39 is 18.1 Å². The van der Waals surface area contributed by atoms with Crippen molar-refractivity contribution in [2.45, 2.75) is 70.6 Å². The van der Waals surface area contributed by atoms with Crippen molar-refractivity contribution in [3.8, 4) is 0 Å². The standard InChI is InChI=1S/C28H35Cl2FN4O3/c1-4-5-24-28(38)35(13-12-34(24)27(37)23(32)15-18-6-9-20(31)10-7-18)25(26(36)33-17(2)3)16-19-8-11-21(29)22(30)14-19/h6-11,14,17,23-25H,4-5,12-13,15-16,32H2,1-3H3,(H,33,36)/t23-,24+,25+/m1/s1. The number of hydrogen-bond donors (Lipinski definition) is 2. The van der Waals surface area contributed by atoms with E-state index in [4.69, 9.17) is 28.9 Å². The molecule has 3 N–H and O–H groups in total. The third-order valence-electron chi connectivity index (χ3n) is 6.58. The van der Waals surface area contributed by atoms with E-state index in [1.54, 1.807) is 35.2 Å². The molecule has 1 heterocycles. The number of halogens is 3. The van der Waals surface area contributed by atoms with Gasteiger partial charge in [0.05, 0.1) is 16.1 Å². The van der Waals surface area contributed by atoms with Crippen molar-refractivity contribution in [2.24, 2.45) is 5.73 Å². The van der Waals surface area contributed by atoms with Crippen LogP contribution in [-0.2, 0) is 27.2 Å². The van der Waals surface area contributed by atoms with E-state index in [1.807, 2.05) is 20.8 Å². The Hall–Kier alpha value is -2.68. The van der Waals surface area contributed by atoms with Gasteiger partial charge in [0.25, 0.3) is 0 Å². The van der Waals surface area contributed by atoms with Crippen molar-refractivity contribution < 1.29 is 18.8 Å². The lowest BCUT2D eigenvalue weighted by Crippen LogP contribution is -2.65. The van der Waals surface area contributed by atoms with Gasteiger partial charge in [-0.1, -0.05) is 54.7 Å². The first kappa shape index (κ1) is 29.9. The molecule has 10 heteroatoms. The van der Waals surface area contributed by atoms with Crippen molar-refractivity contribution in [3.05, 3.63) is 69.5 Å². The Kier molecular flexibility index (Phi) is 10.5. The second kappa shape index (κ2) is 13.4. The molecule has 38 heavy (non-hydrogen) atoms. The number of piperazine rings is 1. The molecule has 2 aromatic rings. The van der Waals surface area contributed by atoms with Crippen LogP contribution >= 0.6 is 23.2 Å². The van der Waals surface area contributed by atoms with Crippen LogP contribution in [-0.4, -0.2) is 64.8 Å². The molecule has 0 aromatic heterocycles. The van der Waals surface area contributed by atoms with E-state index in [-0.39, 0.29) is 55.5 Å². The predicted molar refractivity (Wildman–Crippen MR) is 147 cm³/mol. The smallest absolute Gasteiger partial charge is 0.246 e. The molecule has 3 atom stereocenters. The average molecular weight is 566 g/mol. The van der Waals surface area contributed by atoms with Gasteiger partial charge in [-0.25, -0.2) is 4.39 Å². The van der Waals surface area contributed by atoms with Gasteiger partial charge in [-0.05, 0) is 62.1 Å². The number of carbonyl (C=O) groups excluding carboxylic acids is 3. The summed E-state index contributed by atoms with van der Waals surface area (Å²) in [4.78, 5) is 43.6. The first-order valence-corrected chi connectivity index (χ1v) is 13.6. The number of amides is 3. The van der Waals surface area contributed by atoms with Gasteiger partial charge in [-0.15, -0.1) is 0 Å². The van der Waals surface area contributed by atoms with E-state index >= 15 is 0 Å². The molecule has 1 saturated heterocycles. The summed E-state index contributed by atoms with van der Waals surface area (Å²) in [6, 6.07) is 8.46. The maximum absolute atomic E-state index is 13.8. The molecule has 0 unspecified atom stereocenters. The molecule has 0 saturated carbocycles. The number of nitrogens with two attached hydrogens (primary N) is 1. The quantitative estimate of drug-likeness (QED) is 0.456. The van der Waals surface area contributed by atoms with Gasteiger partial charge in [-0.2, -0.15) is 0 Å². The largest absolute Gasteiger partial charge is 0.352 e. The fourth-order valence-electron chi connectivity index (χ4n) is 4.72. The summed E-state index contributed by atoms with van der Waals surface area (Å²) in [5.74, 6) is -1.27. The SMILES string of the molecule is CCC[C@H]1C(=O)N([C@@H](Cc2ccc(Cl)c(Cl)c2)C(=O)NC(C)C)CCN1C(=O)[C@H](N)Cc1ccc(F)cc1. The van der Waals surface area contributed by atoms with Crippen molar-refractivity contribution in [1.29, 1.82) is 0 Å². The minimum atomic E-state index is -0.879. The second-order valence-corrected chi connectivity index (χ2v) is 10.8. The molecule has 0 radical (unpaired) electrons. The zero-order valence-electron chi connectivity index (χ0n) is 21.9. The van der Waals surface area contributed by atoms with E-state index in [9.17, 15) is 18.8 Å². The Morgan fingerprint density at radius 2 is 1.71 bits per heavy atom. The van der Waals surface area contributed by atoms with Crippen LogP contribution in [0.4, 0.5) is 4.39 Å². The third kappa shape index (κ3) is 7.46. The Labute approximate surface area is 233 Å². The number of carbonyl (C=O) groups is 3. The number of benzene rings is 2. The molecule has 1 aliphatic rings. The summed E-state index contributed by atoms with van der Waals surface area (Å²) >= 11 is 12.3. The number of nitrogens with zero attached hydrogens (tertiary/aromatic N) is 2. The van der Waals surface area contributed by atoms with Gasteiger partial charge in [0.1, 0.15) is 17.9 Å². The van der Waals surface area contributed by atoms with Crippen LogP contribution in [0.3, 0.4) is 0 Å². The minimum absolute atomic E-state index is 0.118. The summed E-state index contributed by atoms with van der Waals surface area (Å²) in [5.41, 5.74) is 7.75. The fraction of sp³-hybridized carbons (Fsp3) is 0.464. The normalized spacial score (nSPS) is 17.5. The first-order valence-electron chi connectivity index (χ1n) is 12.9. The topological polar surface area (TPSA) is 95.7 Å². The van der Waals surface area contributed by atoms with Crippen LogP contribution in [0.25, 0.3) is 0 Å². The van der Waals surface area contributed by atoms with E-state index in [0.717, 1.165) is 11.1 Å². The van der Waals surface area contributed by atoms with E-state index in [1.165, 1.54) is 17.0 Å². The monoisotopic (exact) mass is 564 g/mol. The lowest BCUT2D eigenvalue weighted by atomic mass is 9.97. The van der Waals surface area contributed by atoms with Gasteiger partial charge in [0.2, 0.25) is 17.7 Å². The molecular weight excluding hydrogens is 530 g/mol. The number of nitrogens with one attached hydrogen (secondary N) is 1. The molecule has 3 amide bonds. The molecule has 0 spiro atoms.